The molecule has 1 saturated heterocycles. The van der Waals surface area contributed by atoms with Crippen LogP contribution in [-0.4, -0.2) is 59.9 Å². The van der Waals surface area contributed by atoms with E-state index in [1.807, 2.05) is 0 Å². The molecule has 1 heterocycles. The third kappa shape index (κ3) is 1.75. The Kier molecular flexibility index (Phi) is 3.42. The number of hydrogen-bond acceptors (Lipinski definition) is 5. The van der Waals surface area contributed by atoms with Crippen LogP contribution in [0.5, 0.6) is 0 Å². The van der Waals surface area contributed by atoms with Gasteiger partial charge >= 0.3 is 0 Å². The molecular weight excluding hydrogens is 162 g/mol. The summed E-state index contributed by atoms with van der Waals surface area (Å²) >= 11 is 0. The average Bonchev–Trinajstić information content (AvgIpc) is 2.10. The zero-order valence-corrected chi connectivity index (χ0v) is 6.97. The Morgan fingerprint density at radius 1 is 1.42 bits per heavy atom. The Hall–Kier alpha value is -0.200. The second kappa shape index (κ2) is 4.15. The summed E-state index contributed by atoms with van der Waals surface area (Å²) in [6.45, 7) is 0.0363. The summed E-state index contributed by atoms with van der Waals surface area (Å²) in [5.74, 6) is 0. The minimum Gasteiger partial charge on any atom is -0.394 e. The maximum Gasteiger partial charge on any atom is 0.110 e. The van der Waals surface area contributed by atoms with Crippen molar-refractivity contribution in [3.63, 3.8) is 0 Å². The molecule has 0 radical (unpaired) electrons. The SMILES string of the molecule is CNC1COC(CO)C(O)C1O. The molecule has 0 spiro atoms. The lowest BCUT2D eigenvalue weighted by molar-refractivity contribution is -0.160. The van der Waals surface area contributed by atoms with Gasteiger partial charge in [-0.3, -0.25) is 0 Å². The molecule has 0 aliphatic carbocycles. The van der Waals surface area contributed by atoms with Crippen LogP contribution in [-0.2, 0) is 4.74 Å². The molecule has 0 aromatic carbocycles. The molecule has 5 nitrogen and oxygen atoms in total. The Labute approximate surface area is 71.0 Å². The quantitative estimate of drug-likeness (QED) is 0.381. The lowest BCUT2D eigenvalue weighted by atomic mass is 9.99. The zero-order chi connectivity index (χ0) is 9.14. The topological polar surface area (TPSA) is 82.0 Å². The van der Waals surface area contributed by atoms with Crippen LogP contribution < -0.4 is 5.32 Å². The highest BCUT2D eigenvalue weighted by molar-refractivity contribution is 4.89. The van der Waals surface area contributed by atoms with Crippen LogP contribution in [0.3, 0.4) is 0 Å². The van der Waals surface area contributed by atoms with Crippen LogP contribution in [0.25, 0.3) is 0 Å². The molecule has 1 fully saturated rings. The number of aliphatic hydroxyl groups excluding tert-OH is 3. The second-order valence-electron chi connectivity index (χ2n) is 2.93. The van der Waals surface area contributed by atoms with Crippen molar-refractivity contribution < 1.29 is 20.1 Å². The number of ether oxygens (including phenoxy) is 1. The maximum absolute atomic E-state index is 9.44. The largest absolute Gasteiger partial charge is 0.394 e. The van der Waals surface area contributed by atoms with E-state index < -0.39 is 18.3 Å². The molecule has 0 aromatic heterocycles. The molecule has 12 heavy (non-hydrogen) atoms. The van der Waals surface area contributed by atoms with Crippen LogP contribution in [0.15, 0.2) is 0 Å². The molecule has 1 rings (SSSR count). The first-order chi connectivity index (χ1) is 5.70. The first-order valence-corrected chi connectivity index (χ1v) is 3.96. The summed E-state index contributed by atoms with van der Waals surface area (Å²) in [5, 5.41) is 30.3. The summed E-state index contributed by atoms with van der Waals surface area (Å²) in [4.78, 5) is 0. The van der Waals surface area contributed by atoms with Gasteiger partial charge in [0, 0.05) is 0 Å². The minimum absolute atomic E-state index is 0.261. The average molecular weight is 177 g/mol. The number of likely N-dealkylation sites (N-methyl/N-ethyl adjacent to an activating group) is 1. The van der Waals surface area contributed by atoms with Gasteiger partial charge in [0.15, 0.2) is 0 Å². The molecule has 0 bridgehead atoms. The van der Waals surface area contributed by atoms with Gasteiger partial charge in [0.25, 0.3) is 0 Å². The zero-order valence-electron chi connectivity index (χ0n) is 6.97. The third-order valence-corrected chi connectivity index (χ3v) is 2.18. The van der Waals surface area contributed by atoms with Gasteiger partial charge in [-0.25, -0.2) is 0 Å². The highest BCUT2D eigenvalue weighted by Gasteiger charge is 2.36. The van der Waals surface area contributed by atoms with Crippen LogP contribution in [0, 0.1) is 0 Å². The highest BCUT2D eigenvalue weighted by Crippen LogP contribution is 2.14. The van der Waals surface area contributed by atoms with Gasteiger partial charge in [-0.05, 0) is 7.05 Å². The molecule has 0 amide bonds. The molecule has 0 aromatic rings. The summed E-state index contributed by atoms with van der Waals surface area (Å²) in [6.07, 6.45) is -2.55. The van der Waals surface area contributed by atoms with Crippen molar-refractivity contribution in [3.05, 3.63) is 0 Å². The Bertz CT molecular complexity index is 127. The van der Waals surface area contributed by atoms with E-state index in [2.05, 4.69) is 5.32 Å². The third-order valence-electron chi connectivity index (χ3n) is 2.18. The van der Waals surface area contributed by atoms with Gasteiger partial charge in [0.2, 0.25) is 0 Å². The van der Waals surface area contributed by atoms with Gasteiger partial charge < -0.3 is 25.4 Å². The Balaban J connectivity index is 2.52. The van der Waals surface area contributed by atoms with E-state index in [1.165, 1.54) is 0 Å². The summed E-state index contributed by atoms with van der Waals surface area (Å²) in [7, 11) is 1.68. The molecule has 4 N–H and O–H groups in total. The van der Waals surface area contributed by atoms with Crippen LogP contribution in [0.4, 0.5) is 0 Å². The van der Waals surface area contributed by atoms with Crippen molar-refractivity contribution in [2.75, 3.05) is 20.3 Å². The molecule has 4 unspecified atom stereocenters. The van der Waals surface area contributed by atoms with Crippen molar-refractivity contribution in [2.45, 2.75) is 24.4 Å². The Morgan fingerprint density at radius 3 is 2.58 bits per heavy atom. The van der Waals surface area contributed by atoms with E-state index in [4.69, 9.17) is 9.84 Å². The van der Waals surface area contributed by atoms with Crippen molar-refractivity contribution in [3.8, 4) is 0 Å². The Morgan fingerprint density at radius 2 is 2.08 bits per heavy atom. The van der Waals surface area contributed by atoms with Crippen molar-refractivity contribution >= 4 is 0 Å². The fourth-order valence-corrected chi connectivity index (χ4v) is 1.30. The molecule has 5 heteroatoms. The van der Waals surface area contributed by atoms with E-state index in [0.29, 0.717) is 6.61 Å². The van der Waals surface area contributed by atoms with Gasteiger partial charge in [0.1, 0.15) is 18.3 Å². The predicted octanol–water partition coefficient (Wildman–Crippen LogP) is -2.31. The van der Waals surface area contributed by atoms with Gasteiger partial charge in [0.05, 0.1) is 19.3 Å². The van der Waals surface area contributed by atoms with E-state index >= 15 is 0 Å². The maximum atomic E-state index is 9.44. The number of rotatable bonds is 2. The van der Waals surface area contributed by atoms with Crippen molar-refractivity contribution in [1.82, 2.24) is 5.32 Å². The normalized spacial score (nSPS) is 43.0. The molecule has 4 atom stereocenters. The summed E-state index contributed by atoms with van der Waals surface area (Å²) in [5.41, 5.74) is 0. The lowest BCUT2D eigenvalue weighted by Crippen LogP contribution is -2.58. The fourth-order valence-electron chi connectivity index (χ4n) is 1.30. The van der Waals surface area contributed by atoms with Crippen molar-refractivity contribution in [2.24, 2.45) is 0 Å². The molecule has 72 valence electrons. The molecule has 1 aliphatic heterocycles. The first kappa shape index (κ1) is 9.88. The van der Waals surface area contributed by atoms with Crippen molar-refractivity contribution in [1.29, 1.82) is 0 Å². The van der Waals surface area contributed by atoms with E-state index in [9.17, 15) is 10.2 Å². The standard InChI is InChI=1S/C7H15NO4/c1-8-4-3-12-5(2-9)7(11)6(4)10/h4-11H,2-3H2,1H3. The molecule has 0 saturated carbocycles. The minimum atomic E-state index is -1.01. The lowest BCUT2D eigenvalue weighted by Gasteiger charge is -2.36. The van der Waals surface area contributed by atoms with Gasteiger partial charge in [-0.2, -0.15) is 0 Å². The van der Waals surface area contributed by atoms with Crippen LogP contribution in [0.2, 0.25) is 0 Å². The van der Waals surface area contributed by atoms with Gasteiger partial charge in [-0.1, -0.05) is 0 Å². The number of hydrogen-bond donors (Lipinski definition) is 4. The fraction of sp³-hybridized carbons (Fsp3) is 1.00. The summed E-state index contributed by atoms with van der Waals surface area (Å²) in [6, 6.07) is -0.261. The number of nitrogens with one attached hydrogen (secondary N) is 1. The summed E-state index contributed by atoms with van der Waals surface area (Å²) < 4.78 is 5.09. The van der Waals surface area contributed by atoms with Gasteiger partial charge in [-0.15, -0.1) is 0 Å². The van der Waals surface area contributed by atoms with Crippen LogP contribution in [0.1, 0.15) is 0 Å². The van der Waals surface area contributed by atoms with Crippen LogP contribution >= 0.6 is 0 Å². The van der Waals surface area contributed by atoms with E-state index in [0.717, 1.165) is 0 Å². The van der Waals surface area contributed by atoms with E-state index in [-0.39, 0.29) is 12.6 Å². The second-order valence-corrected chi connectivity index (χ2v) is 2.93. The smallest absolute Gasteiger partial charge is 0.110 e. The molecule has 1 aliphatic rings. The number of aliphatic hydroxyl groups is 3. The first-order valence-electron chi connectivity index (χ1n) is 3.96. The predicted molar refractivity (Wildman–Crippen MR) is 41.7 cm³/mol. The molecular formula is C7H15NO4. The van der Waals surface area contributed by atoms with E-state index in [1.54, 1.807) is 7.05 Å². The highest BCUT2D eigenvalue weighted by atomic mass is 16.5. The monoisotopic (exact) mass is 177 g/mol.